The molecule has 1 fully saturated rings. The molecule has 0 aromatic heterocycles. The van der Waals surface area contributed by atoms with E-state index in [1.54, 1.807) is 0 Å². The van der Waals surface area contributed by atoms with Crippen molar-refractivity contribution in [3.63, 3.8) is 0 Å². The van der Waals surface area contributed by atoms with Crippen LogP contribution >= 0.6 is 35.0 Å². The van der Waals surface area contributed by atoms with E-state index in [-0.39, 0.29) is 18.3 Å². The Morgan fingerprint density at radius 1 is 1.37 bits per heavy atom. The van der Waals surface area contributed by atoms with E-state index in [0.717, 1.165) is 41.5 Å². The predicted octanol–water partition coefficient (Wildman–Crippen LogP) is 2.93. The molecule has 19 heavy (non-hydrogen) atoms. The summed E-state index contributed by atoms with van der Waals surface area (Å²) < 4.78 is 1.11. The zero-order chi connectivity index (χ0) is 13.0. The van der Waals surface area contributed by atoms with Crippen LogP contribution in [0.15, 0.2) is 24.3 Å². The summed E-state index contributed by atoms with van der Waals surface area (Å²) in [5, 5.41) is 3.38. The summed E-state index contributed by atoms with van der Waals surface area (Å²) in [6.45, 7) is 2.08. The van der Waals surface area contributed by atoms with E-state index in [4.69, 9.17) is 0 Å². The van der Waals surface area contributed by atoms with Gasteiger partial charge in [0.15, 0.2) is 0 Å². The van der Waals surface area contributed by atoms with Gasteiger partial charge in [-0.1, -0.05) is 6.07 Å². The molecule has 1 aromatic carbocycles. The summed E-state index contributed by atoms with van der Waals surface area (Å²) >= 11 is 2.24. The van der Waals surface area contributed by atoms with E-state index in [9.17, 15) is 4.79 Å². The van der Waals surface area contributed by atoms with Crippen molar-refractivity contribution < 1.29 is 4.79 Å². The molecule has 0 radical (unpaired) electrons. The minimum absolute atomic E-state index is 0. The van der Waals surface area contributed by atoms with E-state index >= 15 is 0 Å². The molecular formula is C14H20ClIN2O. The van der Waals surface area contributed by atoms with Crippen LogP contribution in [0.5, 0.6) is 0 Å². The number of amides is 1. The zero-order valence-corrected chi connectivity index (χ0v) is 14.0. The van der Waals surface area contributed by atoms with Crippen LogP contribution in [0.4, 0.5) is 0 Å². The van der Waals surface area contributed by atoms with E-state index in [1.165, 1.54) is 0 Å². The molecule has 5 heteroatoms. The second-order valence-electron chi connectivity index (χ2n) is 4.76. The maximum absolute atomic E-state index is 12.4. The van der Waals surface area contributed by atoms with Gasteiger partial charge in [0.1, 0.15) is 0 Å². The van der Waals surface area contributed by atoms with Crippen molar-refractivity contribution in [2.45, 2.75) is 25.3 Å². The summed E-state index contributed by atoms with van der Waals surface area (Å²) in [4.78, 5) is 14.3. The van der Waals surface area contributed by atoms with Gasteiger partial charge in [-0.2, -0.15) is 0 Å². The molecule has 1 unspecified atom stereocenters. The number of carbonyl (C=O) groups is 1. The van der Waals surface area contributed by atoms with E-state index < -0.39 is 0 Å². The average Bonchev–Trinajstić information content (AvgIpc) is 2.66. The number of nitrogens with one attached hydrogen (secondary N) is 1. The third-order valence-corrected chi connectivity index (χ3v) is 4.16. The molecular weight excluding hydrogens is 375 g/mol. The number of benzene rings is 1. The molecule has 0 bridgehead atoms. The van der Waals surface area contributed by atoms with Crippen molar-refractivity contribution in [1.82, 2.24) is 10.2 Å². The molecule has 0 saturated carbocycles. The highest BCUT2D eigenvalue weighted by Crippen LogP contribution is 2.16. The van der Waals surface area contributed by atoms with E-state index in [1.807, 2.05) is 36.2 Å². The standard InChI is InChI=1S/C14H19IN2O.ClH/c1-17(13-6-3-8-16-9-7-13)14(18)11-4-2-5-12(15)10-11;/h2,4-5,10,13,16H,3,6-9H2,1H3;1H. The van der Waals surface area contributed by atoms with Crippen molar-refractivity contribution >= 4 is 40.9 Å². The molecule has 1 N–H and O–H groups in total. The third-order valence-electron chi connectivity index (χ3n) is 3.48. The molecule has 3 nitrogen and oxygen atoms in total. The Balaban J connectivity index is 0.00000180. The highest BCUT2D eigenvalue weighted by molar-refractivity contribution is 14.1. The van der Waals surface area contributed by atoms with Gasteiger partial charge in [0, 0.05) is 22.2 Å². The van der Waals surface area contributed by atoms with Crippen molar-refractivity contribution in [1.29, 1.82) is 0 Å². The number of rotatable bonds is 2. The fourth-order valence-electron chi connectivity index (χ4n) is 2.38. The molecule has 1 heterocycles. The van der Waals surface area contributed by atoms with Crippen molar-refractivity contribution in [3.8, 4) is 0 Å². The Bertz CT molecular complexity index is 420. The highest BCUT2D eigenvalue weighted by atomic mass is 127. The Labute approximate surface area is 134 Å². The lowest BCUT2D eigenvalue weighted by Gasteiger charge is -2.27. The molecule has 1 aliphatic heterocycles. The van der Waals surface area contributed by atoms with Gasteiger partial charge in [0.05, 0.1) is 0 Å². The first-order valence-corrected chi connectivity index (χ1v) is 7.50. The lowest BCUT2D eigenvalue weighted by Crippen LogP contribution is -2.37. The summed E-state index contributed by atoms with van der Waals surface area (Å²) in [5.41, 5.74) is 0.793. The second-order valence-corrected chi connectivity index (χ2v) is 6.01. The van der Waals surface area contributed by atoms with Crippen LogP contribution in [-0.4, -0.2) is 37.0 Å². The van der Waals surface area contributed by atoms with Gasteiger partial charge in [-0.3, -0.25) is 4.79 Å². The minimum Gasteiger partial charge on any atom is -0.339 e. The van der Waals surface area contributed by atoms with Gasteiger partial charge in [0.2, 0.25) is 0 Å². The Morgan fingerprint density at radius 2 is 2.16 bits per heavy atom. The van der Waals surface area contributed by atoms with Crippen LogP contribution < -0.4 is 5.32 Å². The molecule has 1 atom stereocenters. The Hall–Kier alpha value is -0.330. The predicted molar refractivity (Wildman–Crippen MR) is 89.0 cm³/mol. The summed E-state index contributed by atoms with van der Waals surface area (Å²) in [6, 6.07) is 8.17. The SMILES string of the molecule is CN(C(=O)c1cccc(I)c1)C1CCCNCC1.Cl. The summed E-state index contributed by atoms with van der Waals surface area (Å²) in [5.74, 6) is 0.139. The lowest BCUT2D eigenvalue weighted by molar-refractivity contribution is 0.0720. The van der Waals surface area contributed by atoms with Gasteiger partial charge in [-0.15, -0.1) is 12.4 Å². The van der Waals surface area contributed by atoms with E-state index in [0.29, 0.717) is 6.04 Å². The normalized spacial score (nSPS) is 19.2. The zero-order valence-electron chi connectivity index (χ0n) is 11.1. The minimum atomic E-state index is 0. The largest absolute Gasteiger partial charge is 0.339 e. The van der Waals surface area contributed by atoms with Crippen LogP contribution in [-0.2, 0) is 0 Å². The fourth-order valence-corrected chi connectivity index (χ4v) is 2.92. The maximum atomic E-state index is 12.4. The summed E-state index contributed by atoms with van der Waals surface area (Å²) in [7, 11) is 1.93. The monoisotopic (exact) mass is 394 g/mol. The smallest absolute Gasteiger partial charge is 0.253 e. The maximum Gasteiger partial charge on any atom is 0.253 e. The Kier molecular flexibility index (Phi) is 7.10. The molecule has 106 valence electrons. The highest BCUT2D eigenvalue weighted by Gasteiger charge is 2.21. The first-order chi connectivity index (χ1) is 8.68. The van der Waals surface area contributed by atoms with Crippen LogP contribution in [0.1, 0.15) is 29.6 Å². The first-order valence-electron chi connectivity index (χ1n) is 6.42. The van der Waals surface area contributed by atoms with Gasteiger partial charge >= 0.3 is 0 Å². The van der Waals surface area contributed by atoms with Gasteiger partial charge in [0.25, 0.3) is 5.91 Å². The third kappa shape index (κ3) is 4.61. The van der Waals surface area contributed by atoms with Crippen LogP contribution in [0.25, 0.3) is 0 Å². The molecule has 1 amide bonds. The lowest BCUT2D eigenvalue weighted by atomic mass is 10.1. The van der Waals surface area contributed by atoms with Crippen LogP contribution in [0, 0.1) is 3.57 Å². The number of hydrogen-bond acceptors (Lipinski definition) is 2. The van der Waals surface area contributed by atoms with Gasteiger partial charge in [-0.25, -0.2) is 0 Å². The van der Waals surface area contributed by atoms with Crippen molar-refractivity contribution in [2.75, 3.05) is 20.1 Å². The number of halogens is 2. The molecule has 1 aromatic rings. The molecule has 1 aliphatic rings. The van der Waals surface area contributed by atoms with Gasteiger partial charge in [-0.05, 0) is 73.1 Å². The topological polar surface area (TPSA) is 32.3 Å². The quantitative estimate of drug-likeness (QED) is 0.782. The Morgan fingerprint density at radius 3 is 2.89 bits per heavy atom. The van der Waals surface area contributed by atoms with Gasteiger partial charge < -0.3 is 10.2 Å². The summed E-state index contributed by atoms with van der Waals surface area (Å²) in [6.07, 6.45) is 3.29. The van der Waals surface area contributed by atoms with E-state index in [2.05, 4.69) is 27.9 Å². The molecule has 2 rings (SSSR count). The molecule has 0 spiro atoms. The second kappa shape index (κ2) is 8.07. The first kappa shape index (κ1) is 16.7. The average molecular weight is 395 g/mol. The van der Waals surface area contributed by atoms with Crippen molar-refractivity contribution in [3.05, 3.63) is 33.4 Å². The molecule has 0 aliphatic carbocycles. The number of hydrogen-bond donors (Lipinski definition) is 1. The van der Waals surface area contributed by atoms with Crippen LogP contribution in [0.2, 0.25) is 0 Å². The molecule has 1 saturated heterocycles. The fraction of sp³-hybridized carbons (Fsp3) is 0.500. The van der Waals surface area contributed by atoms with Crippen LogP contribution in [0.3, 0.4) is 0 Å². The number of nitrogens with zero attached hydrogens (tertiary/aromatic N) is 1. The number of carbonyl (C=O) groups excluding carboxylic acids is 1. The van der Waals surface area contributed by atoms with Crippen molar-refractivity contribution in [2.24, 2.45) is 0 Å².